The molecule has 0 aliphatic carbocycles. The molecule has 4 nitrogen and oxygen atoms in total. The number of ether oxygens (including phenoxy) is 1. The van der Waals surface area contributed by atoms with Crippen LogP contribution in [-0.4, -0.2) is 29.7 Å². The third-order valence-electron chi connectivity index (χ3n) is 2.70. The molecule has 1 aromatic rings. The molecular weight excluding hydrogens is 250 g/mol. The fourth-order valence-corrected chi connectivity index (χ4v) is 1.85. The molecule has 0 bridgehead atoms. The minimum absolute atomic E-state index is 0.218. The molecule has 1 N–H and O–H groups in total. The van der Waals surface area contributed by atoms with Crippen LogP contribution < -0.4 is 5.32 Å². The maximum absolute atomic E-state index is 6.00. The van der Waals surface area contributed by atoms with E-state index in [9.17, 15) is 0 Å². The number of aryl methyl sites for hydroxylation is 1. The lowest BCUT2D eigenvalue weighted by atomic mass is 10.1. The van der Waals surface area contributed by atoms with E-state index < -0.39 is 0 Å². The van der Waals surface area contributed by atoms with Crippen LogP contribution in [0.1, 0.15) is 33.0 Å². The fraction of sp³-hybridized carbons (Fsp3) is 0.692. The molecule has 1 unspecified atom stereocenters. The van der Waals surface area contributed by atoms with E-state index in [0.29, 0.717) is 17.7 Å². The number of methoxy groups -OCH3 is 1. The second kappa shape index (κ2) is 7.54. The average molecular weight is 272 g/mol. The molecule has 0 aliphatic rings. The third kappa shape index (κ3) is 4.78. The summed E-state index contributed by atoms with van der Waals surface area (Å²) < 4.78 is 5.21. The smallest absolute Gasteiger partial charge is 0.134 e. The molecule has 1 heterocycles. The van der Waals surface area contributed by atoms with Gasteiger partial charge in [-0.25, -0.2) is 9.97 Å². The summed E-state index contributed by atoms with van der Waals surface area (Å²) in [7, 11) is 1.70. The summed E-state index contributed by atoms with van der Waals surface area (Å²) in [6, 6.07) is 1.97. The lowest BCUT2D eigenvalue weighted by molar-refractivity contribution is 0.171. The van der Waals surface area contributed by atoms with Crippen LogP contribution in [0.25, 0.3) is 0 Å². The minimum atomic E-state index is 0.218. The summed E-state index contributed by atoms with van der Waals surface area (Å²) in [5, 5.41) is 3.84. The quantitative estimate of drug-likeness (QED) is 0.774. The molecule has 1 aromatic heterocycles. The van der Waals surface area contributed by atoms with Crippen molar-refractivity contribution in [3.05, 3.63) is 17.0 Å². The van der Waals surface area contributed by atoms with E-state index in [-0.39, 0.29) is 6.04 Å². The number of nitrogens with one attached hydrogen (secondary N) is 1. The van der Waals surface area contributed by atoms with Crippen molar-refractivity contribution >= 4 is 17.4 Å². The molecule has 0 radical (unpaired) electrons. The SMILES string of the molecule is CCCc1nc(Cl)cc(NC(COC)C(C)C)n1. The van der Waals surface area contributed by atoms with Crippen LogP contribution in [0.15, 0.2) is 6.07 Å². The Morgan fingerprint density at radius 2 is 2.11 bits per heavy atom. The monoisotopic (exact) mass is 271 g/mol. The van der Waals surface area contributed by atoms with E-state index in [2.05, 4.69) is 36.1 Å². The highest BCUT2D eigenvalue weighted by Gasteiger charge is 2.14. The highest BCUT2D eigenvalue weighted by atomic mass is 35.5. The topological polar surface area (TPSA) is 47.0 Å². The Balaban J connectivity index is 2.81. The first-order valence-electron chi connectivity index (χ1n) is 6.35. The zero-order chi connectivity index (χ0) is 13.5. The lowest BCUT2D eigenvalue weighted by Crippen LogP contribution is -2.31. The van der Waals surface area contributed by atoms with Gasteiger partial charge in [0.2, 0.25) is 0 Å². The molecule has 0 spiro atoms. The summed E-state index contributed by atoms with van der Waals surface area (Å²) in [4.78, 5) is 8.67. The van der Waals surface area contributed by atoms with Gasteiger partial charge in [0.05, 0.1) is 12.6 Å². The predicted octanol–water partition coefficient (Wildman–Crippen LogP) is 3.17. The zero-order valence-electron chi connectivity index (χ0n) is 11.5. The van der Waals surface area contributed by atoms with Gasteiger partial charge in [-0.2, -0.15) is 0 Å². The number of hydrogen-bond donors (Lipinski definition) is 1. The van der Waals surface area contributed by atoms with Crippen LogP contribution in [-0.2, 0) is 11.2 Å². The van der Waals surface area contributed by atoms with Gasteiger partial charge in [0.1, 0.15) is 16.8 Å². The van der Waals surface area contributed by atoms with Gasteiger partial charge >= 0.3 is 0 Å². The van der Waals surface area contributed by atoms with Crippen molar-refractivity contribution in [1.29, 1.82) is 0 Å². The first-order valence-corrected chi connectivity index (χ1v) is 6.73. The molecule has 0 saturated heterocycles. The summed E-state index contributed by atoms with van der Waals surface area (Å²) in [5.41, 5.74) is 0. The Morgan fingerprint density at radius 1 is 1.39 bits per heavy atom. The molecule has 0 aromatic carbocycles. The van der Waals surface area contributed by atoms with Crippen molar-refractivity contribution in [2.75, 3.05) is 19.0 Å². The molecule has 0 amide bonds. The molecule has 0 saturated carbocycles. The molecule has 102 valence electrons. The van der Waals surface area contributed by atoms with Gasteiger partial charge in [0, 0.05) is 19.6 Å². The molecular formula is C13H22ClN3O. The van der Waals surface area contributed by atoms with Gasteiger partial charge in [0.25, 0.3) is 0 Å². The number of anilines is 1. The van der Waals surface area contributed by atoms with Crippen LogP contribution >= 0.6 is 11.6 Å². The highest BCUT2D eigenvalue weighted by Crippen LogP contribution is 2.16. The van der Waals surface area contributed by atoms with E-state index in [1.807, 2.05) is 0 Å². The lowest BCUT2D eigenvalue weighted by Gasteiger charge is -2.22. The van der Waals surface area contributed by atoms with Gasteiger partial charge in [-0.05, 0) is 12.3 Å². The molecule has 0 fully saturated rings. The Hall–Kier alpha value is -0.870. The number of aromatic nitrogens is 2. The average Bonchev–Trinajstić information content (AvgIpc) is 2.28. The number of hydrogen-bond acceptors (Lipinski definition) is 4. The van der Waals surface area contributed by atoms with Crippen molar-refractivity contribution in [3.8, 4) is 0 Å². The van der Waals surface area contributed by atoms with Crippen LogP contribution in [0.4, 0.5) is 5.82 Å². The highest BCUT2D eigenvalue weighted by molar-refractivity contribution is 6.29. The molecule has 1 atom stereocenters. The van der Waals surface area contributed by atoms with E-state index in [0.717, 1.165) is 24.5 Å². The van der Waals surface area contributed by atoms with E-state index in [1.165, 1.54) is 0 Å². The summed E-state index contributed by atoms with van der Waals surface area (Å²) in [5.74, 6) is 2.01. The Labute approximate surface area is 114 Å². The number of nitrogens with zero attached hydrogens (tertiary/aromatic N) is 2. The second-order valence-electron chi connectivity index (χ2n) is 4.69. The molecule has 0 aliphatic heterocycles. The van der Waals surface area contributed by atoms with E-state index in [1.54, 1.807) is 13.2 Å². The molecule has 5 heteroatoms. The van der Waals surface area contributed by atoms with E-state index >= 15 is 0 Å². The summed E-state index contributed by atoms with van der Waals surface area (Å²) >= 11 is 6.00. The predicted molar refractivity (Wildman–Crippen MR) is 75.2 cm³/mol. The fourth-order valence-electron chi connectivity index (χ4n) is 1.64. The van der Waals surface area contributed by atoms with Gasteiger partial charge in [-0.3, -0.25) is 0 Å². The Bertz CT molecular complexity index is 371. The van der Waals surface area contributed by atoms with Crippen molar-refractivity contribution in [2.24, 2.45) is 5.92 Å². The Kier molecular flexibility index (Phi) is 6.36. The van der Waals surface area contributed by atoms with Crippen LogP contribution in [0.5, 0.6) is 0 Å². The minimum Gasteiger partial charge on any atom is -0.383 e. The van der Waals surface area contributed by atoms with Gasteiger partial charge < -0.3 is 10.1 Å². The summed E-state index contributed by atoms with van der Waals surface area (Å²) in [6.07, 6.45) is 1.84. The van der Waals surface area contributed by atoms with E-state index in [4.69, 9.17) is 16.3 Å². The van der Waals surface area contributed by atoms with Gasteiger partial charge in [-0.15, -0.1) is 0 Å². The maximum atomic E-state index is 6.00. The molecule has 1 rings (SSSR count). The van der Waals surface area contributed by atoms with Crippen LogP contribution in [0.2, 0.25) is 5.15 Å². The van der Waals surface area contributed by atoms with Gasteiger partial charge in [-0.1, -0.05) is 32.4 Å². The number of rotatable bonds is 7. The maximum Gasteiger partial charge on any atom is 0.134 e. The molecule has 18 heavy (non-hydrogen) atoms. The van der Waals surface area contributed by atoms with Crippen molar-refractivity contribution in [1.82, 2.24) is 9.97 Å². The zero-order valence-corrected chi connectivity index (χ0v) is 12.3. The second-order valence-corrected chi connectivity index (χ2v) is 5.08. The van der Waals surface area contributed by atoms with Crippen molar-refractivity contribution < 1.29 is 4.74 Å². The largest absolute Gasteiger partial charge is 0.383 e. The van der Waals surface area contributed by atoms with Gasteiger partial charge in [0.15, 0.2) is 0 Å². The third-order valence-corrected chi connectivity index (χ3v) is 2.89. The normalized spacial score (nSPS) is 12.8. The first-order chi connectivity index (χ1) is 8.56. The van der Waals surface area contributed by atoms with Crippen molar-refractivity contribution in [2.45, 2.75) is 39.7 Å². The van der Waals surface area contributed by atoms with Crippen LogP contribution in [0.3, 0.4) is 0 Å². The van der Waals surface area contributed by atoms with Crippen molar-refractivity contribution in [3.63, 3.8) is 0 Å². The Morgan fingerprint density at radius 3 is 2.67 bits per heavy atom. The standard InChI is InChI=1S/C13H22ClN3O/c1-5-6-12-16-11(14)7-13(17-12)15-10(8-18-4)9(2)3/h7,9-10H,5-6,8H2,1-4H3,(H,15,16,17). The first kappa shape index (κ1) is 15.2. The van der Waals surface area contributed by atoms with Crippen LogP contribution in [0, 0.1) is 5.92 Å². The summed E-state index contributed by atoms with van der Waals surface area (Å²) in [6.45, 7) is 7.03. The number of halogens is 1.